The topological polar surface area (TPSA) is 0 Å². The van der Waals surface area contributed by atoms with Crippen molar-refractivity contribution in [2.75, 3.05) is 0 Å². The lowest BCUT2D eigenvalue weighted by molar-refractivity contribution is 0.110. The maximum atomic E-state index is 5.21. The molecule has 4 rings (SSSR count). The summed E-state index contributed by atoms with van der Waals surface area (Å²) in [5.41, 5.74) is 0. The van der Waals surface area contributed by atoms with E-state index in [1.165, 1.54) is 109 Å². The molecule has 4 aliphatic rings. The monoisotopic (exact) mass is 418 g/mol. The Morgan fingerprint density at radius 2 is 1.14 bits per heavy atom. The van der Waals surface area contributed by atoms with Crippen molar-refractivity contribution in [2.45, 2.75) is 140 Å². The highest BCUT2D eigenvalue weighted by Crippen LogP contribution is 2.47. The quantitative estimate of drug-likeness (QED) is 0.322. The van der Waals surface area contributed by atoms with Crippen LogP contribution in [0.3, 0.4) is 0 Å². The summed E-state index contributed by atoms with van der Waals surface area (Å²) in [7, 11) is 0. The lowest BCUT2D eigenvalue weighted by atomic mass is 9.65. The normalized spacial score (nSPS) is 38.6. The Morgan fingerprint density at radius 1 is 0.517 bits per heavy atom. The van der Waals surface area contributed by atoms with Gasteiger partial charge in [0.2, 0.25) is 0 Å². The van der Waals surface area contributed by atoms with E-state index >= 15 is 0 Å². The summed E-state index contributed by atoms with van der Waals surface area (Å²) in [5, 5.41) is 0.705. The Hall–Kier alpha value is 0.350. The van der Waals surface area contributed by atoms with Gasteiger partial charge in [-0.2, -0.15) is 12.6 Å². The Kier molecular flexibility index (Phi) is 9.19. The van der Waals surface area contributed by atoms with E-state index in [1.54, 1.807) is 25.7 Å². The highest BCUT2D eigenvalue weighted by atomic mass is 32.1. The molecule has 0 saturated heterocycles. The minimum Gasteiger partial charge on any atom is -0.176 e. The van der Waals surface area contributed by atoms with Crippen LogP contribution in [0.25, 0.3) is 0 Å². The molecule has 5 atom stereocenters. The van der Waals surface area contributed by atoms with Gasteiger partial charge in [-0.1, -0.05) is 109 Å². The lowest BCUT2D eigenvalue weighted by Gasteiger charge is -2.42. The molecule has 0 N–H and O–H groups in total. The van der Waals surface area contributed by atoms with Crippen LogP contribution in [0.1, 0.15) is 135 Å². The summed E-state index contributed by atoms with van der Waals surface area (Å²) < 4.78 is 0. The van der Waals surface area contributed by atoms with E-state index in [1.807, 2.05) is 0 Å². The molecule has 4 aliphatic carbocycles. The molecule has 4 unspecified atom stereocenters. The fourth-order valence-electron chi connectivity index (χ4n) is 8.06. The summed E-state index contributed by atoms with van der Waals surface area (Å²) in [6.45, 7) is 0. The minimum absolute atomic E-state index is 0.705. The van der Waals surface area contributed by atoms with E-state index in [4.69, 9.17) is 12.6 Å². The number of hydrogen-bond acceptors (Lipinski definition) is 1. The predicted molar refractivity (Wildman–Crippen MR) is 131 cm³/mol. The van der Waals surface area contributed by atoms with Crippen LogP contribution in [0.5, 0.6) is 0 Å². The number of hydrogen-bond donors (Lipinski definition) is 1. The smallest absolute Gasteiger partial charge is 0.00478 e. The molecular weight excluding hydrogens is 368 g/mol. The van der Waals surface area contributed by atoms with Crippen molar-refractivity contribution in [2.24, 2.45) is 35.5 Å². The Labute approximate surface area is 188 Å². The number of rotatable bonds is 6. The first kappa shape index (κ1) is 22.5. The fourth-order valence-corrected chi connectivity index (χ4v) is 8.62. The zero-order chi connectivity index (χ0) is 19.9. The molecule has 168 valence electrons. The van der Waals surface area contributed by atoms with Crippen molar-refractivity contribution in [1.82, 2.24) is 0 Å². The highest BCUT2D eigenvalue weighted by Gasteiger charge is 2.36. The standard InChI is InChI=1S/C28H50S/c29-28-20-23(17-16-22-10-4-3-5-11-22)18-19-26(28)21-25-14-8-9-15-27(25)24-12-6-1-2-7-13-24/h22-29H,1-21H2/t23-,25?,26?,27?,28?/m0/s1. The maximum Gasteiger partial charge on any atom is 0.00478 e. The molecule has 0 aliphatic heterocycles. The van der Waals surface area contributed by atoms with Gasteiger partial charge in [0.05, 0.1) is 0 Å². The zero-order valence-electron chi connectivity index (χ0n) is 19.3. The second-order valence-electron chi connectivity index (χ2n) is 11.8. The summed E-state index contributed by atoms with van der Waals surface area (Å²) >= 11 is 5.21. The molecule has 0 spiro atoms. The molecule has 29 heavy (non-hydrogen) atoms. The molecule has 0 aromatic heterocycles. The SMILES string of the molecule is SC1C[C@@H](CCC2CCCCC2)CCC1CC1CCCCC1C1CCCCCC1. The summed E-state index contributed by atoms with van der Waals surface area (Å²) in [6, 6.07) is 0. The summed E-state index contributed by atoms with van der Waals surface area (Å²) in [5.74, 6) is 6.20. The van der Waals surface area contributed by atoms with Gasteiger partial charge in [-0.3, -0.25) is 0 Å². The van der Waals surface area contributed by atoms with Crippen molar-refractivity contribution in [3.63, 3.8) is 0 Å². The van der Waals surface area contributed by atoms with Gasteiger partial charge in [-0.25, -0.2) is 0 Å². The van der Waals surface area contributed by atoms with Crippen LogP contribution >= 0.6 is 12.6 Å². The first-order chi connectivity index (χ1) is 14.3. The second kappa shape index (κ2) is 11.8. The Balaban J connectivity index is 1.24. The van der Waals surface area contributed by atoms with Crippen LogP contribution in [-0.4, -0.2) is 5.25 Å². The van der Waals surface area contributed by atoms with E-state index in [-0.39, 0.29) is 0 Å². The molecule has 0 bridgehead atoms. The van der Waals surface area contributed by atoms with Crippen molar-refractivity contribution in [3.05, 3.63) is 0 Å². The largest absolute Gasteiger partial charge is 0.176 e. The molecule has 0 amide bonds. The van der Waals surface area contributed by atoms with Crippen LogP contribution in [0.15, 0.2) is 0 Å². The summed E-state index contributed by atoms with van der Waals surface area (Å²) in [4.78, 5) is 0. The number of thiol groups is 1. The molecule has 0 nitrogen and oxygen atoms in total. The van der Waals surface area contributed by atoms with Gasteiger partial charge in [0.1, 0.15) is 0 Å². The fraction of sp³-hybridized carbons (Fsp3) is 1.00. The minimum atomic E-state index is 0.705. The van der Waals surface area contributed by atoms with Crippen molar-refractivity contribution >= 4 is 12.6 Å². The van der Waals surface area contributed by atoms with E-state index < -0.39 is 0 Å². The van der Waals surface area contributed by atoms with E-state index in [2.05, 4.69) is 0 Å². The third kappa shape index (κ3) is 6.66. The maximum absolute atomic E-state index is 5.21. The Bertz CT molecular complexity index is 445. The second-order valence-corrected chi connectivity index (χ2v) is 12.4. The van der Waals surface area contributed by atoms with Gasteiger partial charge >= 0.3 is 0 Å². The van der Waals surface area contributed by atoms with Gasteiger partial charge in [-0.05, 0) is 61.2 Å². The van der Waals surface area contributed by atoms with Crippen LogP contribution < -0.4 is 0 Å². The van der Waals surface area contributed by atoms with Crippen molar-refractivity contribution in [1.29, 1.82) is 0 Å². The average Bonchev–Trinajstić information content (AvgIpc) is 3.05. The lowest BCUT2D eigenvalue weighted by Crippen LogP contribution is -2.33. The van der Waals surface area contributed by atoms with Gasteiger partial charge in [0, 0.05) is 5.25 Å². The summed E-state index contributed by atoms with van der Waals surface area (Å²) in [6.07, 6.45) is 31.9. The van der Waals surface area contributed by atoms with Crippen molar-refractivity contribution in [3.8, 4) is 0 Å². The third-order valence-electron chi connectivity index (χ3n) is 9.85. The van der Waals surface area contributed by atoms with E-state index in [0.717, 1.165) is 35.5 Å². The van der Waals surface area contributed by atoms with Gasteiger partial charge in [0.25, 0.3) is 0 Å². The third-order valence-corrected chi connectivity index (χ3v) is 10.5. The average molecular weight is 419 g/mol. The molecule has 0 heterocycles. The van der Waals surface area contributed by atoms with Crippen LogP contribution in [-0.2, 0) is 0 Å². The molecule has 0 radical (unpaired) electrons. The first-order valence-electron chi connectivity index (χ1n) is 14.0. The highest BCUT2D eigenvalue weighted by molar-refractivity contribution is 7.81. The molecule has 0 aromatic carbocycles. The zero-order valence-corrected chi connectivity index (χ0v) is 20.2. The van der Waals surface area contributed by atoms with Crippen LogP contribution in [0, 0.1) is 35.5 Å². The van der Waals surface area contributed by atoms with E-state index in [0.29, 0.717) is 5.25 Å². The molecule has 4 saturated carbocycles. The van der Waals surface area contributed by atoms with Gasteiger partial charge in [0.15, 0.2) is 0 Å². The molecule has 4 fully saturated rings. The van der Waals surface area contributed by atoms with Crippen molar-refractivity contribution < 1.29 is 0 Å². The molecule has 0 aromatic rings. The molecular formula is C28H50S. The first-order valence-corrected chi connectivity index (χ1v) is 14.5. The predicted octanol–water partition coefficient (Wildman–Crippen LogP) is 9.23. The Morgan fingerprint density at radius 3 is 1.90 bits per heavy atom. The van der Waals surface area contributed by atoms with Gasteiger partial charge < -0.3 is 0 Å². The van der Waals surface area contributed by atoms with Crippen LogP contribution in [0.2, 0.25) is 0 Å². The van der Waals surface area contributed by atoms with E-state index in [9.17, 15) is 0 Å². The molecule has 1 heteroatoms. The van der Waals surface area contributed by atoms with Crippen LogP contribution in [0.4, 0.5) is 0 Å². The van der Waals surface area contributed by atoms with Gasteiger partial charge in [-0.15, -0.1) is 0 Å².